The van der Waals surface area contributed by atoms with Gasteiger partial charge in [-0.2, -0.15) is 0 Å². The van der Waals surface area contributed by atoms with E-state index in [4.69, 9.17) is 17.3 Å². The lowest BCUT2D eigenvalue weighted by atomic mass is 9.80. The Morgan fingerprint density at radius 1 is 1.47 bits per heavy atom. The van der Waals surface area contributed by atoms with E-state index in [1.165, 1.54) is 12.3 Å². The summed E-state index contributed by atoms with van der Waals surface area (Å²) >= 11 is 5.99. The number of anilines is 1. The molecule has 1 fully saturated rings. The molecule has 1 amide bonds. The molecule has 1 aromatic rings. The summed E-state index contributed by atoms with van der Waals surface area (Å²) in [6.07, 6.45) is 4.74. The number of nitrogens with two attached hydrogens (primary N) is 1. The highest BCUT2D eigenvalue weighted by Crippen LogP contribution is 2.29. The zero-order chi connectivity index (χ0) is 14.0. The van der Waals surface area contributed by atoms with Gasteiger partial charge in [0.2, 0.25) is 0 Å². The molecule has 0 saturated heterocycles. The summed E-state index contributed by atoms with van der Waals surface area (Å²) in [5.41, 5.74) is 6.00. The van der Waals surface area contributed by atoms with Crippen molar-refractivity contribution in [2.24, 2.45) is 11.8 Å². The Balaban J connectivity index is 2.06. The number of nitrogen functional groups attached to an aromatic ring is 1. The molecular formula is C14H20ClN3O. The molecule has 1 aliphatic rings. The molecule has 4 nitrogen and oxygen atoms in total. The summed E-state index contributed by atoms with van der Waals surface area (Å²) in [6, 6.07) is 1.74. The maximum absolute atomic E-state index is 12.2. The van der Waals surface area contributed by atoms with E-state index in [1.807, 2.05) is 0 Å². The van der Waals surface area contributed by atoms with Gasteiger partial charge in [-0.25, -0.2) is 4.98 Å². The first-order valence-electron chi connectivity index (χ1n) is 6.69. The van der Waals surface area contributed by atoms with Gasteiger partial charge >= 0.3 is 0 Å². The number of hydrogen-bond donors (Lipinski definition) is 2. The second-order valence-corrected chi connectivity index (χ2v) is 5.97. The number of rotatable bonds is 2. The van der Waals surface area contributed by atoms with Crippen molar-refractivity contribution < 1.29 is 4.79 Å². The van der Waals surface area contributed by atoms with Crippen molar-refractivity contribution in [3.05, 3.63) is 22.8 Å². The highest BCUT2D eigenvalue weighted by Gasteiger charge is 2.27. The fourth-order valence-corrected chi connectivity index (χ4v) is 2.94. The number of aromatic nitrogens is 1. The van der Waals surface area contributed by atoms with Crippen LogP contribution in [-0.4, -0.2) is 16.9 Å². The molecule has 0 aromatic carbocycles. The molecule has 3 atom stereocenters. The lowest BCUT2D eigenvalue weighted by molar-refractivity contribution is 0.0899. The van der Waals surface area contributed by atoms with E-state index in [9.17, 15) is 4.79 Å². The number of nitrogens with zero attached hydrogens (tertiary/aromatic N) is 1. The van der Waals surface area contributed by atoms with Crippen molar-refractivity contribution in [1.82, 2.24) is 10.3 Å². The lowest BCUT2D eigenvalue weighted by Crippen LogP contribution is -2.42. The van der Waals surface area contributed by atoms with E-state index < -0.39 is 0 Å². The van der Waals surface area contributed by atoms with Crippen LogP contribution in [0.1, 0.15) is 43.5 Å². The Morgan fingerprint density at radius 3 is 2.89 bits per heavy atom. The Labute approximate surface area is 118 Å². The van der Waals surface area contributed by atoms with Gasteiger partial charge in [0, 0.05) is 12.2 Å². The van der Waals surface area contributed by atoms with E-state index in [2.05, 4.69) is 24.1 Å². The second-order valence-electron chi connectivity index (χ2n) is 5.56. The van der Waals surface area contributed by atoms with Crippen LogP contribution in [0.15, 0.2) is 12.3 Å². The zero-order valence-electron chi connectivity index (χ0n) is 11.3. The van der Waals surface area contributed by atoms with E-state index in [1.54, 1.807) is 0 Å². The summed E-state index contributed by atoms with van der Waals surface area (Å²) in [4.78, 5) is 16.1. The number of carbonyl (C=O) groups excluding carboxylic acids is 1. The van der Waals surface area contributed by atoms with E-state index in [0.717, 1.165) is 25.2 Å². The standard InChI is InChI=1S/C14H20ClN3O/c1-8-3-4-12(9(2)5-8)18-14(19)10-6-13(16)17-7-11(10)15/h6-9,12H,3-5H2,1-2H3,(H2,16,17)(H,18,19). The Kier molecular flexibility index (Phi) is 4.30. The Morgan fingerprint density at radius 2 is 2.21 bits per heavy atom. The molecule has 1 heterocycles. The maximum atomic E-state index is 12.2. The van der Waals surface area contributed by atoms with Gasteiger partial charge in [0.15, 0.2) is 0 Å². The van der Waals surface area contributed by atoms with Crippen LogP contribution >= 0.6 is 11.6 Å². The SMILES string of the molecule is CC1CCC(NC(=O)c2cc(N)ncc2Cl)C(C)C1. The molecule has 1 aliphatic carbocycles. The number of pyridine rings is 1. The van der Waals surface area contributed by atoms with Gasteiger partial charge in [-0.05, 0) is 37.2 Å². The van der Waals surface area contributed by atoms with Crippen molar-refractivity contribution in [1.29, 1.82) is 0 Å². The molecule has 3 N–H and O–H groups in total. The zero-order valence-corrected chi connectivity index (χ0v) is 12.1. The van der Waals surface area contributed by atoms with Gasteiger partial charge in [0.1, 0.15) is 5.82 Å². The van der Waals surface area contributed by atoms with Gasteiger partial charge in [-0.15, -0.1) is 0 Å². The van der Waals surface area contributed by atoms with Crippen molar-refractivity contribution in [2.45, 2.75) is 39.2 Å². The summed E-state index contributed by atoms with van der Waals surface area (Å²) in [7, 11) is 0. The van der Waals surface area contributed by atoms with Crippen LogP contribution in [0.5, 0.6) is 0 Å². The molecule has 2 rings (SSSR count). The Hall–Kier alpha value is -1.29. The van der Waals surface area contributed by atoms with Gasteiger partial charge in [-0.1, -0.05) is 25.4 Å². The second kappa shape index (κ2) is 5.78. The fourth-order valence-electron chi connectivity index (χ4n) is 2.75. The largest absolute Gasteiger partial charge is 0.384 e. The van der Waals surface area contributed by atoms with Gasteiger partial charge in [0.25, 0.3) is 5.91 Å². The minimum atomic E-state index is -0.162. The van der Waals surface area contributed by atoms with Crippen LogP contribution < -0.4 is 11.1 Å². The first-order valence-corrected chi connectivity index (χ1v) is 7.07. The lowest BCUT2D eigenvalue weighted by Gasteiger charge is -2.33. The number of amides is 1. The minimum Gasteiger partial charge on any atom is -0.384 e. The third kappa shape index (κ3) is 3.38. The number of hydrogen-bond acceptors (Lipinski definition) is 3. The highest BCUT2D eigenvalue weighted by atomic mass is 35.5. The summed E-state index contributed by atoms with van der Waals surface area (Å²) in [6.45, 7) is 4.44. The van der Waals surface area contributed by atoms with E-state index in [0.29, 0.717) is 22.3 Å². The van der Waals surface area contributed by atoms with Gasteiger partial charge in [-0.3, -0.25) is 4.79 Å². The van der Waals surface area contributed by atoms with Crippen LogP contribution in [0.4, 0.5) is 5.82 Å². The average molecular weight is 282 g/mol. The van der Waals surface area contributed by atoms with Crippen LogP contribution in [0.3, 0.4) is 0 Å². The first kappa shape index (κ1) is 14.1. The quantitative estimate of drug-likeness (QED) is 0.876. The van der Waals surface area contributed by atoms with Crippen LogP contribution in [0.25, 0.3) is 0 Å². The molecule has 5 heteroatoms. The molecule has 1 saturated carbocycles. The molecule has 0 aliphatic heterocycles. The number of nitrogens with one attached hydrogen (secondary N) is 1. The smallest absolute Gasteiger partial charge is 0.253 e. The molecule has 19 heavy (non-hydrogen) atoms. The minimum absolute atomic E-state index is 0.162. The number of carbonyl (C=O) groups is 1. The first-order chi connectivity index (χ1) is 8.97. The third-order valence-corrected chi connectivity index (χ3v) is 4.17. The molecule has 0 spiro atoms. The normalized spacial score (nSPS) is 27.0. The predicted molar refractivity (Wildman–Crippen MR) is 77.1 cm³/mol. The summed E-state index contributed by atoms with van der Waals surface area (Å²) in [5.74, 6) is 1.37. The monoisotopic (exact) mass is 281 g/mol. The fraction of sp³-hybridized carbons (Fsp3) is 0.571. The molecule has 0 radical (unpaired) electrons. The highest BCUT2D eigenvalue weighted by molar-refractivity contribution is 6.33. The topological polar surface area (TPSA) is 68.0 Å². The van der Waals surface area contributed by atoms with E-state index >= 15 is 0 Å². The third-order valence-electron chi connectivity index (χ3n) is 3.87. The molecule has 3 unspecified atom stereocenters. The van der Waals surface area contributed by atoms with Gasteiger partial charge < -0.3 is 11.1 Å². The van der Waals surface area contributed by atoms with Crippen molar-refractivity contribution in [2.75, 3.05) is 5.73 Å². The summed E-state index contributed by atoms with van der Waals surface area (Å²) in [5, 5.41) is 3.40. The molecular weight excluding hydrogens is 262 g/mol. The van der Waals surface area contributed by atoms with Crippen molar-refractivity contribution in [3.8, 4) is 0 Å². The number of halogens is 1. The van der Waals surface area contributed by atoms with Crippen LogP contribution in [-0.2, 0) is 0 Å². The molecule has 104 valence electrons. The van der Waals surface area contributed by atoms with Crippen LogP contribution in [0.2, 0.25) is 5.02 Å². The average Bonchev–Trinajstić information content (AvgIpc) is 2.35. The Bertz CT molecular complexity index is 478. The molecule has 1 aromatic heterocycles. The maximum Gasteiger partial charge on any atom is 0.253 e. The molecule has 0 bridgehead atoms. The summed E-state index contributed by atoms with van der Waals surface area (Å²) < 4.78 is 0. The van der Waals surface area contributed by atoms with E-state index in [-0.39, 0.29) is 11.9 Å². The van der Waals surface area contributed by atoms with Gasteiger partial charge in [0.05, 0.1) is 10.6 Å². The van der Waals surface area contributed by atoms with Crippen LogP contribution in [0, 0.1) is 11.8 Å². The predicted octanol–water partition coefficient (Wildman–Crippen LogP) is 2.87. The van der Waals surface area contributed by atoms with Crippen molar-refractivity contribution >= 4 is 23.3 Å². The van der Waals surface area contributed by atoms with Crippen molar-refractivity contribution in [3.63, 3.8) is 0 Å².